The zero-order valence-corrected chi connectivity index (χ0v) is 40.3. The van der Waals surface area contributed by atoms with Crippen molar-refractivity contribution < 1.29 is 40.3 Å². The van der Waals surface area contributed by atoms with Gasteiger partial charge >= 0.3 is 5.97 Å². The number of carboxylic acids is 1. The van der Waals surface area contributed by atoms with Crippen LogP contribution in [0.2, 0.25) is 0 Å². The maximum Gasteiger partial charge on any atom is 0.338 e. The van der Waals surface area contributed by atoms with Crippen molar-refractivity contribution in [3.05, 3.63) is 84.0 Å². The average Bonchev–Trinajstić information content (AvgIpc) is 3.68. The number of aromatic nitrogens is 8. The first-order valence-electron chi connectivity index (χ1n) is 22.9. The average molecular weight is 964 g/mol. The van der Waals surface area contributed by atoms with Crippen LogP contribution in [0.5, 0.6) is 0 Å². The minimum Gasteiger partial charge on any atom is -0.478 e. The molecule has 4 aromatic heterocycles. The summed E-state index contributed by atoms with van der Waals surface area (Å²) >= 11 is 0. The smallest absolute Gasteiger partial charge is 0.338 e. The lowest BCUT2D eigenvalue weighted by atomic mass is 9.87. The number of nitrogens with zero attached hydrogens (tertiary/aromatic N) is 8. The summed E-state index contributed by atoms with van der Waals surface area (Å²) in [5, 5.41) is 19.5. The summed E-state index contributed by atoms with van der Waals surface area (Å²) in [6, 6.07) is 9.80. The van der Waals surface area contributed by atoms with Gasteiger partial charge in [0.05, 0.1) is 67.8 Å². The van der Waals surface area contributed by atoms with Crippen LogP contribution in [0.1, 0.15) is 138 Å². The Morgan fingerprint density at radius 2 is 1.04 bits per heavy atom. The zero-order valence-electron chi connectivity index (χ0n) is 38.7. The van der Waals surface area contributed by atoms with Gasteiger partial charge in [0.1, 0.15) is 24.0 Å². The topological polar surface area (TPSA) is 206 Å². The van der Waals surface area contributed by atoms with E-state index in [1.165, 1.54) is 24.5 Å². The van der Waals surface area contributed by atoms with Crippen molar-refractivity contribution >= 4 is 54.0 Å². The van der Waals surface area contributed by atoms with E-state index in [-0.39, 0.29) is 43.7 Å². The fraction of sp³-hybridized carbons (Fsp3) is 0.532. The number of alkyl halides is 2. The molecule has 3 aliphatic carbocycles. The first-order chi connectivity index (χ1) is 31.5. The van der Waals surface area contributed by atoms with Crippen LogP contribution < -0.4 is 5.32 Å². The number of rotatable bonds is 11. The Bertz CT molecular complexity index is 3030. The van der Waals surface area contributed by atoms with Crippen molar-refractivity contribution in [2.75, 3.05) is 0 Å². The second-order valence-corrected chi connectivity index (χ2v) is 24.0. The number of hydrogen-bond donors (Lipinski definition) is 2. The molecule has 0 aliphatic heterocycles. The predicted octanol–water partition coefficient (Wildman–Crippen LogP) is 8.18. The number of carboxylic acid groups (broad SMARTS) is 1. The number of fused-ring (bicyclic) bond motifs is 2. The molecule has 2 N–H and O–H groups in total. The van der Waals surface area contributed by atoms with Gasteiger partial charge in [0.15, 0.2) is 0 Å². The van der Waals surface area contributed by atoms with E-state index in [0.29, 0.717) is 59.2 Å². The summed E-state index contributed by atoms with van der Waals surface area (Å²) in [6.07, 6.45) is 10.6. The van der Waals surface area contributed by atoms with Crippen LogP contribution in [0.25, 0.3) is 22.1 Å². The van der Waals surface area contributed by atoms with Crippen LogP contribution in [0.15, 0.2) is 71.0 Å². The van der Waals surface area contributed by atoms with Crippen molar-refractivity contribution in [2.24, 2.45) is 11.8 Å². The zero-order chi connectivity index (χ0) is 48.2. The highest BCUT2D eigenvalue weighted by molar-refractivity contribution is 7.90. The van der Waals surface area contributed by atoms with Crippen molar-refractivity contribution in [3.8, 4) is 0 Å². The SMILES string of the molecule is CC(C)(C)c1nc2cc(S(=O)(=O)n3cc(C(=O)NC4CC4)cn3)ccc2n1CC1CCC(F)CC1.CC(C)(C)c1nc2cc(S(=O)(=O)n3cc(C(=O)O)cn3)ccc2n1CC1CCC(F)CC1. The van der Waals surface area contributed by atoms with E-state index in [4.69, 9.17) is 15.1 Å². The highest BCUT2D eigenvalue weighted by Gasteiger charge is 2.31. The molecule has 4 heterocycles. The summed E-state index contributed by atoms with van der Waals surface area (Å²) in [5.41, 5.74) is 2.30. The Hall–Kier alpha value is -5.50. The number of imidazole rings is 2. The van der Waals surface area contributed by atoms with E-state index >= 15 is 0 Å². The van der Waals surface area contributed by atoms with Gasteiger partial charge in [-0.3, -0.25) is 4.79 Å². The Balaban J connectivity index is 0.000000182. The molecule has 0 radical (unpaired) electrons. The molecule has 0 atom stereocenters. The first kappa shape index (κ1) is 48.0. The fourth-order valence-electron chi connectivity index (χ4n) is 8.99. The summed E-state index contributed by atoms with van der Waals surface area (Å²) in [7, 11) is -8.06. The molecule has 360 valence electrons. The number of halogens is 2. The van der Waals surface area contributed by atoms with Gasteiger partial charge in [-0.25, -0.2) is 23.5 Å². The van der Waals surface area contributed by atoms with Gasteiger partial charge in [0.25, 0.3) is 26.0 Å². The lowest BCUT2D eigenvalue weighted by molar-refractivity contribution is 0.0696. The molecule has 0 spiro atoms. The number of nitrogens with one attached hydrogen (secondary N) is 1. The summed E-state index contributed by atoms with van der Waals surface area (Å²) in [4.78, 5) is 33.0. The highest BCUT2D eigenvalue weighted by atomic mass is 32.2. The van der Waals surface area contributed by atoms with E-state index in [1.807, 2.05) is 0 Å². The third-order valence-corrected chi connectivity index (χ3v) is 15.9. The Morgan fingerprint density at radius 1 is 0.642 bits per heavy atom. The van der Waals surface area contributed by atoms with E-state index in [1.54, 1.807) is 24.3 Å². The molecular formula is C47H59F2N9O7S2. The lowest BCUT2D eigenvalue weighted by Crippen LogP contribution is -2.25. The van der Waals surface area contributed by atoms with Crippen LogP contribution in [-0.4, -0.2) is 89.7 Å². The highest BCUT2D eigenvalue weighted by Crippen LogP contribution is 2.35. The molecule has 0 saturated heterocycles. The second kappa shape index (κ2) is 18.2. The number of aromatic carboxylic acids is 1. The Kier molecular flexibility index (Phi) is 13.0. The van der Waals surface area contributed by atoms with Crippen LogP contribution in [0.3, 0.4) is 0 Å². The molecule has 9 rings (SSSR count). The molecule has 3 fully saturated rings. The van der Waals surface area contributed by atoms with Crippen molar-refractivity contribution in [3.63, 3.8) is 0 Å². The molecule has 1 amide bonds. The maximum absolute atomic E-state index is 13.7. The van der Waals surface area contributed by atoms with Gasteiger partial charge in [-0.15, -0.1) is 0 Å². The molecule has 3 saturated carbocycles. The lowest BCUT2D eigenvalue weighted by Gasteiger charge is -2.27. The summed E-state index contributed by atoms with van der Waals surface area (Å²) < 4.78 is 85.6. The maximum atomic E-state index is 13.7. The number of hydrogen-bond acceptors (Lipinski definition) is 10. The molecule has 3 aliphatic rings. The normalized spacial score (nSPS) is 20.7. The quantitative estimate of drug-likeness (QED) is 0.127. The monoisotopic (exact) mass is 963 g/mol. The number of carbonyl (C=O) groups is 2. The third-order valence-electron chi connectivity index (χ3n) is 12.8. The van der Waals surface area contributed by atoms with Crippen LogP contribution in [0.4, 0.5) is 8.78 Å². The first-order valence-corrected chi connectivity index (χ1v) is 25.8. The molecule has 20 heteroatoms. The summed E-state index contributed by atoms with van der Waals surface area (Å²) in [6.45, 7) is 13.9. The van der Waals surface area contributed by atoms with Crippen LogP contribution >= 0.6 is 0 Å². The Labute approximate surface area is 389 Å². The molecule has 0 bridgehead atoms. The third kappa shape index (κ3) is 10.3. The standard InChI is InChI=1S/C25H32FN5O3S.C22H27FN4O4S/c1-25(2,3)24-29-21-12-20(10-11-22(21)30(24)14-16-4-6-18(26)7-5-16)35(33,34)31-15-17(13-27-31)23(32)28-19-8-9-19;1-22(2,3)21-25-18-10-17(32(30,31)27-13-15(11-24-27)20(28)29)8-9-19(18)26(21)12-14-4-6-16(23)7-5-14/h10-13,15-16,18-19H,4-9,14H2,1-3H3,(H,28,32);8-11,13-14,16H,4-7,12H2,1-3H3,(H,28,29). The van der Waals surface area contributed by atoms with Crippen LogP contribution in [0, 0.1) is 11.8 Å². The van der Waals surface area contributed by atoms with Gasteiger partial charge in [-0.2, -0.15) is 35.2 Å². The van der Waals surface area contributed by atoms with Gasteiger partial charge < -0.3 is 19.6 Å². The molecular weight excluding hydrogens is 905 g/mol. The van der Waals surface area contributed by atoms with Gasteiger partial charge in [0, 0.05) is 30.0 Å². The molecule has 0 unspecified atom stereocenters. The second-order valence-electron chi connectivity index (χ2n) is 20.4. The predicted molar refractivity (Wildman–Crippen MR) is 248 cm³/mol. The Morgan fingerprint density at radius 3 is 1.42 bits per heavy atom. The van der Waals surface area contributed by atoms with E-state index in [9.17, 15) is 35.2 Å². The number of amides is 1. The molecule has 2 aromatic carbocycles. The minimum atomic E-state index is -4.06. The minimum absolute atomic E-state index is 0.0203. The largest absolute Gasteiger partial charge is 0.478 e. The van der Waals surface area contributed by atoms with E-state index < -0.39 is 38.4 Å². The van der Waals surface area contributed by atoms with Gasteiger partial charge in [-0.05, 0) is 112 Å². The van der Waals surface area contributed by atoms with E-state index in [2.05, 4.69) is 66.2 Å². The molecule has 6 aromatic rings. The van der Waals surface area contributed by atoms with Gasteiger partial charge in [0.2, 0.25) is 0 Å². The number of benzene rings is 2. The fourth-order valence-corrected chi connectivity index (χ4v) is 11.3. The van der Waals surface area contributed by atoms with Crippen molar-refractivity contribution in [1.29, 1.82) is 0 Å². The summed E-state index contributed by atoms with van der Waals surface area (Å²) in [5.74, 6) is 0.867. The van der Waals surface area contributed by atoms with Crippen molar-refractivity contribution in [1.82, 2.24) is 42.8 Å². The van der Waals surface area contributed by atoms with Crippen LogP contribution in [-0.2, 0) is 44.0 Å². The van der Waals surface area contributed by atoms with E-state index in [0.717, 1.165) is 84.2 Å². The number of carbonyl (C=O) groups excluding carboxylic acids is 1. The van der Waals surface area contributed by atoms with Gasteiger partial charge in [-0.1, -0.05) is 41.5 Å². The van der Waals surface area contributed by atoms with Crippen molar-refractivity contribution in [2.45, 2.75) is 158 Å². The molecule has 16 nitrogen and oxygen atoms in total. The molecule has 67 heavy (non-hydrogen) atoms.